The van der Waals surface area contributed by atoms with Crippen molar-refractivity contribution in [2.24, 2.45) is 5.25 Å². The van der Waals surface area contributed by atoms with Crippen molar-refractivity contribution in [3.8, 4) is 0 Å². The van der Waals surface area contributed by atoms with Crippen molar-refractivity contribution in [1.29, 1.82) is 11.1 Å². The molecule has 0 saturated heterocycles. The van der Waals surface area contributed by atoms with Gasteiger partial charge in [0.2, 0.25) is 0 Å². The molecule has 0 aromatic heterocycles. The topological polar surface area (TPSA) is 73.7 Å². The molecule has 3 nitrogen and oxygen atoms in total. The van der Waals surface area contributed by atoms with E-state index in [2.05, 4.69) is 17.0 Å². The molecule has 0 atom stereocenters. The fourth-order valence-corrected chi connectivity index (χ4v) is 0. The van der Waals surface area contributed by atoms with Crippen molar-refractivity contribution in [2.75, 3.05) is 0 Å². The van der Waals surface area contributed by atoms with Crippen LogP contribution in [0.3, 0.4) is 0 Å². The summed E-state index contributed by atoms with van der Waals surface area (Å²) in [6.07, 6.45) is 0. The zero-order chi connectivity index (χ0) is 4.00. The standard InChI is InChI=1S/ClH2N.H2N2/c2*1-2/h2H2;1-2H. The minimum absolute atomic E-state index is 3.97. The molecule has 0 radical (unpaired) electrons. The molecule has 4 heteroatoms. The van der Waals surface area contributed by atoms with E-state index in [9.17, 15) is 0 Å². The first-order valence-electron chi connectivity index (χ1n) is 0.468. The Morgan fingerprint density at radius 1 is 1.25 bits per heavy atom. The van der Waals surface area contributed by atoms with Gasteiger partial charge in [-0.3, -0.25) is 0 Å². The van der Waals surface area contributed by atoms with Gasteiger partial charge in [0.25, 0.3) is 0 Å². The number of halogens is 1. The summed E-state index contributed by atoms with van der Waals surface area (Å²) in [6.45, 7) is 0. The van der Waals surface area contributed by atoms with E-state index in [0.29, 0.717) is 0 Å². The Hall–Kier alpha value is -0.150. The second-order valence-electron chi connectivity index (χ2n) is 0. The molecule has 0 aromatic rings. The van der Waals surface area contributed by atoms with Crippen LogP contribution in [0.2, 0.25) is 0 Å². The normalized spacial score (nSPS) is 2.50. The molecule has 0 spiro atoms. The van der Waals surface area contributed by atoms with Crippen molar-refractivity contribution >= 4 is 11.8 Å². The Morgan fingerprint density at radius 3 is 1.25 bits per heavy atom. The number of hydrogen-bond acceptors (Lipinski definition) is 3. The molecule has 0 aliphatic carbocycles. The molecule has 0 rings (SSSR count). The van der Waals surface area contributed by atoms with Gasteiger partial charge in [0.15, 0.2) is 0 Å². The SMILES string of the molecule is N=N.NCl. The van der Waals surface area contributed by atoms with Crippen LogP contribution in [0, 0.1) is 11.1 Å². The monoisotopic (exact) mass is 81.0 g/mol. The fourth-order valence-electron chi connectivity index (χ4n) is 0. The quantitative estimate of drug-likeness (QED) is 0.291. The molecule has 0 amide bonds. The van der Waals surface area contributed by atoms with Gasteiger partial charge in [0, 0.05) is 0 Å². The lowest BCUT2D eigenvalue weighted by Crippen LogP contribution is -1.48. The maximum Gasteiger partial charge on any atom is -0.0285 e. The van der Waals surface area contributed by atoms with Gasteiger partial charge in [0.1, 0.15) is 0 Å². The highest BCUT2D eigenvalue weighted by Crippen LogP contribution is 1.15. The lowest BCUT2D eigenvalue weighted by molar-refractivity contribution is 1.05. The van der Waals surface area contributed by atoms with Crippen LogP contribution in [-0.2, 0) is 0 Å². The summed E-state index contributed by atoms with van der Waals surface area (Å²) < 4.78 is 0. The summed E-state index contributed by atoms with van der Waals surface area (Å²) in [7, 11) is 0. The van der Waals surface area contributed by atoms with Crippen LogP contribution < -0.4 is 5.25 Å². The van der Waals surface area contributed by atoms with Gasteiger partial charge in [0.05, 0.1) is 0 Å². The lowest BCUT2D eigenvalue weighted by atomic mass is 13.3. The van der Waals surface area contributed by atoms with Gasteiger partial charge >= 0.3 is 0 Å². The molecule has 4 N–H and O–H groups in total. The van der Waals surface area contributed by atoms with Crippen molar-refractivity contribution in [2.45, 2.75) is 0 Å². The molecule has 0 saturated carbocycles. The number of nitrogens with one attached hydrogen (secondary N) is 2. The summed E-state index contributed by atoms with van der Waals surface area (Å²) in [6, 6.07) is 0. The van der Waals surface area contributed by atoms with Gasteiger partial charge in [-0.25, -0.2) is 16.3 Å². The highest BCUT2D eigenvalue weighted by Gasteiger charge is 0.868. The fraction of sp³-hybridized carbons (Fsp3) is 0. The van der Waals surface area contributed by atoms with Crippen LogP contribution in [0.4, 0.5) is 0 Å². The average molecular weight is 81.5 g/mol. The largest absolute Gasteiger partial charge is 0.247 e. The van der Waals surface area contributed by atoms with E-state index in [1.165, 1.54) is 0 Å². The summed E-state index contributed by atoms with van der Waals surface area (Å²) in [5.74, 6) is 0. The third-order valence-electron chi connectivity index (χ3n) is 0. The summed E-state index contributed by atoms with van der Waals surface area (Å²) in [4.78, 5) is 0. The molecular weight excluding hydrogens is 77.5 g/mol. The van der Waals surface area contributed by atoms with E-state index in [0.717, 1.165) is 0 Å². The first kappa shape index (κ1) is 9.14. The van der Waals surface area contributed by atoms with Gasteiger partial charge in [-0.1, -0.05) is 0 Å². The van der Waals surface area contributed by atoms with Gasteiger partial charge in [-0.2, -0.15) is 0 Å². The summed E-state index contributed by atoms with van der Waals surface area (Å²) >= 11 is 4.14. The predicted molar refractivity (Wildman–Crippen MR) is 15.5 cm³/mol. The minimum atomic E-state index is 3.97. The van der Waals surface area contributed by atoms with Crippen LogP contribution >= 0.6 is 11.8 Å². The lowest BCUT2D eigenvalue weighted by Gasteiger charge is -1.14. The number of rotatable bonds is 0. The number of hydrogen-bond donors (Lipinski definition) is 3. The van der Waals surface area contributed by atoms with Crippen LogP contribution in [-0.4, -0.2) is 0 Å². The van der Waals surface area contributed by atoms with Crippen LogP contribution in [0.1, 0.15) is 0 Å². The molecule has 0 aliphatic heterocycles. The zero-order valence-electron chi connectivity index (χ0n) is 1.96. The first-order chi connectivity index (χ1) is 2.00. The van der Waals surface area contributed by atoms with Crippen molar-refractivity contribution in [3.05, 3.63) is 0 Å². The maximum absolute atomic E-state index is 5.00. The van der Waals surface area contributed by atoms with E-state index in [4.69, 9.17) is 11.1 Å². The molecular formula is H4ClN3. The highest BCUT2D eigenvalue weighted by molar-refractivity contribution is 6.11. The Balaban J connectivity index is 0. The molecule has 0 fully saturated rings. The third-order valence-corrected chi connectivity index (χ3v) is 0. The van der Waals surface area contributed by atoms with Crippen molar-refractivity contribution < 1.29 is 0 Å². The molecule has 0 aliphatic rings. The second kappa shape index (κ2) is 434. The molecule has 4 heavy (non-hydrogen) atoms. The maximum atomic E-state index is 5.00. The van der Waals surface area contributed by atoms with E-state index in [1.807, 2.05) is 0 Å². The zero-order valence-corrected chi connectivity index (χ0v) is 2.71. The molecule has 0 heterocycles. The van der Waals surface area contributed by atoms with E-state index < -0.39 is 0 Å². The molecule has 0 unspecified atom stereocenters. The third kappa shape index (κ3) is 59.4. The Morgan fingerprint density at radius 2 is 1.25 bits per heavy atom. The Labute approximate surface area is 29.2 Å². The molecule has 0 bridgehead atoms. The molecule has 0 aromatic carbocycles. The van der Waals surface area contributed by atoms with E-state index in [-0.39, 0.29) is 0 Å². The highest BCUT2D eigenvalue weighted by atomic mass is 35.5. The van der Waals surface area contributed by atoms with Crippen LogP contribution in [0.15, 0.2) is 0 Å². The average Bonchev–Trinajstić information content (AvgIpc) is 1.50. The second-order valence-corrected chi connectivity index (χ2v) is 0. The first-order valence-corrected chi connectivity index (χ1v) is 0.905. The minimum Gasteiger partial charge on any atom is -0.247 e. The number of nitrogens with two attached hydrogens (primary N) is 1. The predicted octanol–water partition coefficient (Wildman–Crippen LogP) is 0.695. The Kier molecular flexibility index (Phi) is 990. The molecule has 26 valence electrons. The van der Waals surface area contributed by atoms with Gasteiger partial charge in [-0.05, 0) is 11.8 Å². The van der Waals surface area contributed by atoms with Gasteiger partial charge in [-0.15, -0.1) is 0 Å². The van der Waals surface area contributed by atoms with Crippen LogP contribution in [0.5, 0.6) is 0 Å². The van der Waals surface area contributed by atoms with Gasteiger partial charge < -0.3 is 0 Å². The summed E-state index contributed by atoms with van der Waals surface area (Å²) in [5.41, 5.74) is 10.0. The Bertz CT molecular complexity index is 3.25. The summed E-state index contributed by atoms with van der Waals surface area (Å²) in [5, 5.41) is 3.97. The van der Waals surface area contributed by atoms with Crippen LogP contribution in [0.25, 0.3) is 0 Å². The van der Waals surface area contributed by atoms with E-state index >= 15 is 0 Å². The van der Waals surface area contributed by atoms with Crippen molar-refractivity contribution in [3.63, 3.8) is 0 Å². The smallest absolute Gasteiger partial charge is 0.0285 e. The van der Waals surface area contributed by atoms with Crippen molar-refractivity contribution in [1.82, 2.24) is 0 Å². The van der Waals surface area contributed by atoms with E-state index in [1.54, 1.807) is 0 Å².